The minimum Gasteiger partial charge on any atom is -0.204 e. The molecule has 0 radical (unpaired) electrons. The Morgan fingerprint density at radius 2 is 2.05 bits per heavy atom. The van der Waals surface area contributed by atoms with E-state index < -0.39 is 11.6 Å². The summed E-state index contributed by atoms with van der Waals surface area (Å²) >= 11 is 0. The molecule has 1 aromatic carbocycles. The van der Waals surface area contributed by atoms with Crippen LogP contribution in [0.2, 0.25) is 0 Å². The summed E-state index contributed by atoms with van der Waals surface area (Å²) in [5.41, 5.74) is 3.34. The lowest BCUT2D eigenvalue weighted by Gasteiger charge is -2.33. The molecule has 2 heteroatoms. The van der Waals surface area contributed by atoms with Crippen molar-refractivity contribution < 1.29 is 8.78 Å². The second-order valence-electron chi connectivity index (χ2n) is 6.37. The molecule has 2 aliphatic rings. The Morgan fingerprint density at radius 3 is 2.81 bits per heavy atom. The maximum atomic E-state index is 13.4. The minimum absolute atomic E-state index is 0.671. The van der Waals surface area contributed by atoms with Gasteiger partial charge in [-0.05, 0) is 60.8 Å². The number of halogens is 2. The van der Waals surface area contributed by atoms with Crippen LogP contribution in [0.3, 0.4) is 0 Å². The van der Waals surface area contributed by atoms with E-state index in [0.29, 0.717) is 5.92 Å². The van der Waals surface area contributed by atoms with Gasteiger partial charge in [-0.25, -0.2) is 8.78 Å². The first-order valence-corrected chi connectivity index (χ1v) is 8.03. The summed E-state index contributed by atoms with van der Waals surface area (Å²) < 4.78 is 26.4. The largest absolute Gasteiger partial charge is 0.204 e. The third kappa shape index (κ3) is 3.09. The lowest BCUT2D eigenvalue weighted by Crippen LogP contribution is -2.19. The topological polar surface area (TPSA) is 0 Å². The Bertz CT molecular complexity index is 583. The van der Waals surface area contributed by atoms with Crippen molar-refractivity contribution in [2.45, 2.75) is 45.4 Å². The highest BCUT2D eigenvalue weighted by Crippen LogP contribution is 2.42. The van der Waals surface area contributed by atoms with E-state index >= 15 is 0 Å². The number of hydrogen-bond acceptors (Lipinski definition) is 0. The van der Waals surface area contributed by atoms with Crippen LogP contribution in [0.15, 0.2) is 35.9 Å². The molecular weight excluding hydrogens is 266 g/mol. The number of allylic oxidation sites excluding steroid dienone is 4. The zero-order valence-corrected chi connectivity index (χ0v) is 12.5. The Balaban J connectivity index is 1.77. The summed E-state index contributed by atoms with van der Waals surface area (Å²) in [6, 6.07) is 4.19. The second kappa shape index (κ2) is 6.13. The molecule has 0 saturated heterocycles. The summed E-state index contributed by atoms with van der Waals surface area (Å²) in [5, 5.41) is 0. The smallest absolute Gasteiger partial charge is 0.159 e. The van der Waals surface area contributed by atoms with E-state index in [1.807, 2.05) is 0 Å². The summed E-state index contributed by atoms with van der Waals surface area (Å²) in [5.74, 6) is 0.000973. The van der Waals surface area contributed by atoms with E-state index in [-0.39, 0.29) is 0 Å². The van der Waals surface area contributed by atoms with Gasteiger partial charge in [0.2, 0.25) is 0 Å². The molecule has 0 nitrogen and oxygen atoms in total. The Kier molecular flexibility index (Phi) is 4.23. The Labute approximate surface area is 125 Å². The fourth-order valence-corrected chi connectivity index (χ4v) is 3.76. The summed E-state index contributed by atoms with van der Waals surface area (Å²) in [7, 11) is 0. The average molecular weight is 288 g/mol. The molecule has 0 aliphatic heterocycles. The van der Waals surface area contributed by atoms with Crippen LogP contribution >= 0.6 is 0 Å². The van der Waals surface area contributed by atoms with Crippen LogP contribution in [-0.4, -0.2) is 0 Å². The van der Waals surface area contributed by atoms with Crippen LogP contribution in [0.5, 0.6) is 0 Å². The molecule has 0 bridgehead atoms. The quantitative estimate of drug-likeness (QED) is 0.650. The van der Waals surface area contributed by atoms with E-state index in [9.17, 15) is 8.78 Å². The predicted octanol–water partition coefficient (Wildman–Crippen LogP) is 5.89. The molecule has 2 atom stereocenters. The van der Waals surface area contributed by atoms with Gasteiger partial charge in [0.25, 0.3) is 0 Å². The zero-order chi connectivity index (χ0) is 14.8. The lowest BCUT2D eigenvalue weighted by atomic mass is 9.72. The van der Waals surface area contributed by atoms with Crippen LogP contribution in [-0.2, 0) is 0 Å². The average Bonchev–Trinajstić information content (AvgIpc) is 2.50. The first kappa shape index (κ1) is 14.5. The van der Waals surface area contributed by atoms with Crippen molar-refractivity contribution in [3.8, 4) is 0 Å². The summed E-state index contributed by atoms with van der Waals surface area (Å²) in [6.07, 6.45) is 11.8. The van der Waals surface area contributed by atoms with Gasteiger partial charge in [0.1, 0.15) is 0 Å². The molecule has 0 heterocycles. The SMILES string of the molecule is CCCC1CCC2=CC(c3ccc(F)c(F)c3)=CCC2C1. The molecule has 0 amide bonds. The van der Waals surface area contributed by atoms with Crippen molar-refractivity contribution in [3.05, 3.63) is 53.1 Å². The van der Waals surface area contributed by atoms with Crippen molar-refractivity contribution in [1.82, 2.24) is 0 Å². The lowest BCUT2D eigenvalue weighted by molar-refractivity contribution is 0.312. The third-order valence-electron chi connectivity index (χ3n) is 4.90. The summed E-state index contributed by atoms with van der Waals surface area (Å²) in [6.45, 7) is 2.26. The van der Waals surface area contributed by atoms with Crippen molar-refractivity contribution in [1.29, 1.82) is 0 Å². The van der Waals surface area contributed by atoms with Gasteiger partial charge in [-0.2, -0.15) is 0 Å². The predicted molar refractivity (Wildman–Crippen MR) is 82.8 cm³/mol. The van der Waals surface area contributed by atoms with E-state index in [0.717, 1.165) is 29.9 Å². The third-order valence-corrected chi connectivity index (χ3v) is 4.90. The molecule has 0 aromatic heterocycles. The van der Waals surface area contributed by atoms with Crippen LogP contribution in [0.25, 0.3) is 5.57 Å². The van der Waals surface area contributed by atoms with Gasteiger partial charge in [0, 0.05) is 0 Å². The first-order chi connectivity index (χ1) is 10.2. The van der Waals surface area contributed by atoms with Crippen LogP contribution < -0.4 is 0 Å². The van der Waals surface area contributed by atoms with E-state index in [2.05, 4.69) is 19.1 Å². The van der Waals surface area contributed by atoms with Gasteiger partial charge in [-0.1, -0.05) is 43.6 Å². The maximum Gasteiger partial charge on any atom is 0.159 e. The zero-order valence-electron chi connectivity index (χ0n) is 12.5. The highest BCUT2D eigenvalue weighted by atomic mass is 19.2. The summed E-state index contributed by atoms with van der Waals surface area (Å²) in [4.78, 5) is 0. The minimum atomic E-state index is -0.777. The molecular formula is C19H22F2. The molecule has 2 aliphatic carbocycles. The van der Waals surface area contributed by atoms with Crippen molar-refractivity contribution in [3.63, 3.8) is 0 Å². The molecule has 1 fully saturated rings. The first-order valence-electron chi connectivity index (χ1n) is 8.03. The highest BCUT2D eigenvalue weighted by Gasteiger charge is 2.27. The van der Waals surface area contributed by atoms with Gasteiger partial charge in [0.15, 0.2) is 11.6 Å². The molecule has 21 heavy (non-hydrogen) atoms. The highest BCUT2D eigenvalue weighted by molar-refractivity contribution is 5.76. The molecule has 1 aromatic rings. The van der Waals surface area contributed by atoms with Gasteiger partial charge in [0.05, 0.1) is 0 Å². The van der Waals surface area contributed by atoms with Crippen LogP contribution in [0, 0.1) is 23.5 Å². The van der Waals surface area contributed by atoms with Gasteiger partial charge < -0.3 is 0 Å². The number of hydrogen-bond donors (Lipinski definition) is 0. The Morgan fingerprint density at radius 1 is 1.19 bits per heavy atom. The molecule has 2 unspecified atom stereocenters. The molecule has 3 rings (SSSR count). The number of benzene rings is 1. The molecule has 0 N–H and O–H groups in total. The fraction of sp³-hybridized carbons (Fsp3) is 0.474. The monoisotopic (exact) mass is 288 g/mol. The van der Waals surface area contributed by atoms with Crippen LogP contribution in [0.4, 0.5) is 8.78 Å². The van der Waals surface area contributed by atoms with Crippen molar-refractivity contribution in [2.24, 2.45) is 11.8 Å². The molecule has 1 saturated carbocycles. The number of fused-ring (bicyclic) bond motifs is 1. The van der Waals surface area contributed by atoms with Gasteiger partial charge >= 0.3 is 0 Å². The number of rotatable bonds is 3. The second-order valence-corrected chi connectivity index (χ2v) is 6.37. The maximum absolute atomic E-state index is 13.4. The standard InChI is InChI=1S/C19H22F2/c1-2-3-13-4-5-15-11-16(7-6-14(15)10-13)17-8-9-18(20)19(21)12-17/h7-9,11-14H,2-6,10H2,1H3. The van der Waals surface area contributed by atoms with Gasteiger partial charge in [-0.3, -0.25) is 0 Å². The van der Waals surface area contributed by atoms with E-state index in [4.69, 9.17) is 0 Å². The van der Waals surface area contributed by atoms with Crippen molar-refractivity contribution in [2.75, 3.05) is 0 Å². The van der Waals surface area contributed by atoms with Gasteiger partial charge in [-0.15, -0.1) is 0 Å². The molecule has 0 spiro atoms. The van der Waals surface area contributed by atoms with E-state index in [1.165, 1.54) is 43.4 Å². The van der Waals surface area contributed by atoms with Crippen LogP contribution in [0.1, 0.15) is 51.0 Å². The van der Waals surface area contributed by atoms with E-state index in [1.54, 1.807) is 6.07 Å². The normalized spacial score (nSPS) is 25.1. The Hall–Kier alpha value is -1.44. The van der Waals surface area contributed by atoms with Crippen molar-refractivity contribution >= 4 is 5.57 Å². The molecule has 112 valence electrons. The fourth-order valence-electron chi connectivity index (χ4n) is 3.76.